The van der Waals surface area contributed by atoms with Gasteiger partial charge in [-0.2, -0.15) is 0 Å². The minimum absolute atomic E-state index is 0.107. The van der Waals surface area contributed by atoms with Gasteiger partial charge >= 0.3 is 6.09 Å². The second-order valence-corrected chi connectivity index (χ2v) is 8.09. The third kappa shape index (κ3) is 3.07. The van der Waals surface area contributed by atoms with Gasteiger partial charge in [0, 0.05) is 12.1 Å². The Kier molecular flexibility index (Phi) is 4.87. The number of imidazole rings is 1. The first-order valence-corrected chi connectivity index (χ1v) is 8.83. The molecule has 1 aromatic rings. The zero-order valence-electron chi connectivity index (χ0n) is 11.9. The summed E-state index contributed by atoms with van der Waals surface area (Å²) in [6.45, 7) is 6.99. The Morgan fingerprint density at radius 2 is 2.00 bits per heavy atom. The van der Waals surface area contributed by atoms with E-state index in [1.807, 2.05) is 0 Å². The van der Waals surface area contributed by atoms with Crippen molar-refractivity contribution >= 4 is 51.3 Å². The summed E-state index contributed by atoms with van der Waals surface area (Å²) in [4.78, 5) is 17.7. The van der Waals surface area contributed by atoms with E-state index in [0.29, 0.717) is 6.54 Å². The van der Waals surface area contributed by atoms with E-state index in [0.717, 1.165) is 32.5 Å². The van der Waals surface area contributed by atoms with Crippen LogP contribution >= 0.6 is 45.2 Å². The molecule has 1 saturated heterocycles. The molecule has 0 saturated carbocycles. The van der Waals surface area contributed by atoms with Crippen molar-refractivity contribution in [2.24, 2.45) is 0 Å². The number of hydrogen-bond acceptors (Lipinski definition) is 2. The molecule has 0 spiro atoms. The molecule has 1 unspecified atom stereocenters. The van der Waals surface area contributed by atoms with Gasteiger partial charge in [-0.15, -0.1) is 0 Å². The zero-order valence-corrected chi connectivity index (χ0v) is 16.2. The van der Waals surface area contributed by atoms with Crippen LogP contribution in [0.2, 0.25) is 0 Å². The molecule has 1 atom stereocenters. The molecule has 0 radical (unpaired) electrons. The summed E-state index contributed by atoms with van der Waals surface area (Å²) in [5.74, 6) is 0.883. The number of carbonyl (C=O) groups is 1. The molecule has 1 aromatic heterocycles. The average Bonchev–Trinajstić information content (AvgIpc) is 2.65. The Labute approximate surface area is 146 Å². The van der Waals surface area contributed by atoms with Crippen LogP contribution in [0.25, 0.3) is 0 Å². The molecule has 1 fully saturated rings. The Morgan fingerprint density at radius 1 is 1.35 bits per heavy atom. The topological polar surface area (TPSA) is 58.4 Å². The van der Waals surface area contributed by atoms with Gasteiger partial charge in [-0.25, -0.2) is 9.78 Å². The van der Waals surface area contributed by atoms with Crippen LogP contribution in [-0.2, 0) is 5.54 Å². The van der Waals surface area contributed by atoms with Crippen LogP contribution in [0.5, 0.6) is 0 Å². The quantitative estimate of drug-likeness (QED) is 0.589. The van der Waals surface area contributed by atoms with Crippen LogP contribution in [-0.4, -0.2) is 32.2 Å². The number of likely N-dealkylation sites (tertiary alicyclic amines) is 1. The van der Waals surface area contributed by atoms with E-state index < -0.39 is 6.09 Å². The second kappa shape index (κ2) is 5.98. The number of halogens is 2. The number of hydrogen-bond donors (Lipinski definition) is 1. The summed E-state index contributed by atoms with van der Waals surface area (Å²) in [7, 11) is 0. The highest BCUT2D eigenvalue weighted by Crippen LogP contribution is 2.35. The minimum Gasteiger partial charge on any atom is -0.465 e. The maximum absolute atomic E-state index is 11.5. The molecular formula is C13H19I2N3O2. The van der Waals surface area contributed by atoms with E-state index >= 15 is 0 Å². The van der Waals surface area contributed by atoms with Crippen LogP contribution in [0.4, 0.5) is 4.79 Å². The molecule has 5 nitrogen and oxygen atoms in total. The smallest absolute Gasteiger partial charge is 0.407 e. The molecule has 20 heavy (non-hydrogen) atoms. The number of piperidine rings is 1. The van der Waals surface area contributed by atoms with Crippen molar-refractivity contribution < 1.29 is 9.90 Å². The Morgan fingerprint density at radius 3 is 2.55 bits per heavy atom. The molecule has 1 aliphatic rings. The van der Waals surface area contributed by atoms with Gasteiger partial charge in [0.05, 0.1) is 6.04 Å². The lowest BCUT2D eigenvalue weighted by atomic mass is 10.0. The molecule has 1 amide bonds. The first-order valence-electron chi connectivity index (χ1n) is 6.67. The van der Waals surface area contributed by atoms with Crippen LogP contribution in [0.1, 0.15) is 51.9 Å². The van der Waals surface area contributed by atoms with Crippen molar-refractivity contribution in [2.45, 2.75) is 51.6 Å². The highest BCUT2D eigenvalue weighted by atomic mass is 127. The summed E-state index contributed by atoms with van der Waals surface area (Å²) < 4.78 is 4.21. The van der Waals surface area contributed by atoms with Gasteiger partial charge in [0.15, 0.2) is 0 Å². The molecule has 1 aliphatic heterocycles. The minimum atomic E-state index is -0.844. The average molecular weight is 503 g/mol. The fourth-order valence-electron chi connectivity index (χ4n) is 2.68. The molecule has 0 aromatic carbocycles. The lowest BCUT2D eigenvalue weighted by Crippen LogP contribution is -2.40. The van der Waals surface area contributed by atoms with E-state index in [-0.39, 0.29) is 11.6 Å². The number of amides is 1. The lowest BCUT2D eigenvalue weighted by Gasteiger charge is -2.35. The summed E-state index contributed by atoms with van der Waals surface area (Å²) in [6, 6.07) is -0.127. The highest BCUT2D eigenvalue weighted by Gasteiger charge is 2.34. The van der Waals surface area contributed by atoms with Crippen LogP contribution < -0.4 is 0 Å². The zero-order chi connectivity index (χ0) is 15.1. The standard InChI is InChI=1S/C13H19I2N3O2/c1-13(2,3)18-10(15)9(14)16-11(18)8-6-4-5-7-17(8)12(19)20/h8H,4-7H2,1-3H3,(H,19,20). The lowest BCUT2D eigenvalue weighted by molar-refractivity contribution is 0.100. The van der Waals surface area contributed by atoms with Crippen LogP contribution in [0.15, 0.2) is 0 Å². The van der Waals surface area contributed by atoms with E-state index in [2.05, 4.69) is 75.5 Å². The molecule has 0 aliphatic carbocycles. The molecule has 112 valence electrons. The summed E-state index contributed by atoms with van der Waals surface area (Å²) >= 11 is 4.52. The third-order valence-electron chi connectivity index (χ3n) is 3.53. The van der Waals surface area contributed by atoms with Gasteiger partial charge in [0.1, 0.15) is 13.2 Å². The van der Waals surface area contributed by atoms with Crippen molar-refractivity contribution in [2.75, 3.05) is 6.54 Å². The fraction of sp³-hybridized carbons (Fsp3) is 0.692. The predicted molar refractivity (Wildman–Crippen MR) is 94.0 cm³/mol. The third-order valence-corrected chi connectivity index (χ3v) is 6.30. The predicted octanol–water partition coefficient (Wildman–Crippen LogP) is 4.05. The first-order chi connectivity index (χ1) is 9.23. The molecule has 0 bridgehead atoms. The van der Waals surface area contributed by atoms with E-state index in [1.165, 1.54) is 0 Å². The number of nitrogens with zero attached hydrogens (tertiary/aromatic N) is 3. The Bertz CT molecular complexity index is 522. The van der Waals surface area contributed by atoms with E-state index in [9.17, 15) is 9.90 Å². The van der Waals surface area contributed by atoms with Crippen LogP contribution in [0, 0.1) is 7.40 Å². The number of rotatable bonds is 1. The highest BCUT2D eigenvalue weighted by molar-refractivity contribution is 14.1. The molecule has 2 rings (SSSR count). The Hall–Kier alpha value is -0.0600. The van der Waals surface area contributed by atoms with Crippen LogP contribution in [0.3, 0.4) is 0 Å². The largest absolute Gasteiger partial charge is 0.465 e. The maximum atomic E-state index is 11.5. The molecule has 7 heteroatoms. The van der Waals surface area contributed by atoms with E-state index in [4.69, 9.17) is 0 Å². The molecular weight excluding hydrogens is 484 g/mol. The fourth-order valence-corrected chi connectivity index (χ4v) is 4.26. The van der Waals surface area contributed by atoms with Crippen molar-refractivity contribution in [1.29, 1.82) is 0 Å². The summed E-state index contributed by atoms with van der Waals surface area (Å²) in [5.41, 5.74) is -0.107. The van der Waals surface area contributed by atoms with Gasteiger partial charge in [0.2, 0.25) is 0 Å². The molecule has 2 heterocycles. The van der Waals surface area contributed by atoms with Crippen molar-refractivity contribution in [3.63, 3.8) is 0 Å². The van der Waals surface area contributed by atoms with E-state index in [1.54, 1.807) is 4.90 Å². The van der Waals surface area contributed by atoms with Crippen molar-refractivity contribution in [1.82, 2.24) is 14.5 Å². The van der Waals surface area contributed by atoms with Crippen molar-refractivity contribution in [3.8, 4) is 0 Å². The van der Waals surface area contributed by atoms with Gasteiger partial charge in [-0.3, -0.25) is 4.90 Å². The number of aromatic nitrogens is 2. The van der Waals surface area contributed by atoms with Gasteiger partial charge in [0.25, 0.3) is 0 Å². The summed E-state index contributed by atoms with van der Waals surface area (Å²) in [5, 5.41) is 9.42. The SMILES string of the molecule is CC(C)(C)n1c(C2CCCCN2C(=O)O)nc(I)c1I. The summed E-state index contributed by atoms with van der Waals surface area (Å²) in [6.07, 6.45) is 2.00. The van der Waals surface area contributed by atoms with Gasteiger partial charge in [-0.05, 0) is 85.2 Å². The molecule has 1 N–H and O–H groups in total. The van der Waals surface area contributed by atoms with Gasteiger partial charge < -0.3 is 9.67 Å². The maximum Gasteiger partial charge on any atom is 0.407 e. The second-order valence-electron chi connectivity index (χ2n) is 6.05. The monoisotopic (exact) mass is 503 g/mol. The van der Waals surface area contributed by atoms with Gasteiger partial charge in [-0.1, -0.05) is 0 Å². The first kappa shape index (κ1) is 16.3. The Balaban J connectivity index is 2.51. The number of carboxylic acid groups (broad SMARTS) is 1. The van der Waals surface area contributed by atoms with Crippen molar-refractivity contribution in [3.05, 3.63) is 13.2 Å². The normalized spacial score (nSPS) is 20.2.